The summed E-state index contributed by atoms with van der Waals surface area (Å²) in [5.41, 5.74) is 0.511. The highest BCUT2D eigenvalue weighted by Gasteiger charge is 2.14. The van der Waals surface area contributed by atoms with E-state index in [1.54, 1.807) is 6.92 Å². The Bertz CT molecular complexity index is 472. The van der Waals surface area contributed by atoms with Crippen molar-refractivity contribution in [3.63, 3.8) is 0 Å². The van der Waals surface area contributed by atoms with Crippen molar-refractivity contribution in [2.45, 2.75) is 13.8 Å². The van der Waals surface area contributed by atoms with Crippen LogP contribution in [0.1, 0.15) is 40.1 Å². The Balaban J connectivity index is 3.44. The quantitative estimate of drug-likeness (QED) is 0.571. The van der Waals surface area contributed by atoms with Crippen molar-refractivity contribution in [1.82, 2.24) is 0 Å². The van der Waals surface area contributed by atoms with Crippen molar-refractivity contribution in [3.8, 4) is 11.8 Å². The monoisotopic (exact) mass is 217 g/mol. The molecule has 4 heteroatoms. The van der Waals surface area contributed by atoms with E-state index in [1.165, 1.54) is 19.1 Å². The van der Waals surface area contributed by atoms with E-state index >= 15 is 0 Å². The van der Waals surface area contributed by atoms with Crippen LogP contribution in [0.2, 0.25) is 0 Å². The Hall–Kier alpha value is -2.15. The molecule has 0 spiro atoms. The van der Waals surface area contributed by atoms with Gasteiger partial charge in [0, 0.05) is 11.1 Å². The van der Waals surface area contributed by atoms with Gasteiger partial charge in [-0.1, -0.05) is 0 Å². The molecule has 0 aliphatic heterocycles. The fourth-order valence-electron chi connectivity index (χ4n) is 1.46. The number of hydrogen-bond donors (Lipinski definition) is 0. The van der Waals surface area contributed by atoms with Crippen molar-refractivity contribution < 1.29 is 14.3 Å². The molecule has 16 heavy (non-hydrogen) atoms. The van der Waals surface area contributed by atoms with E-state index in [-0.39, 0.29) is 22.5 Å². The molecule has 1 rings (SSSR count). The molecule has 4 nitrogen and oxygen atoms in total. The van der Waals surface area contributed by atoms with Gasteiger partial charge < -0.3 is 4.74 Å². The maximum atomic E-state index is 11.3. The first kappa shape index (κ1) is 11.9. The Labute approximate surface area is 93.5 Å². The van der Waals surface area contributed by atoms with Gasteiger partial charge in [-0.3, -0.25) is 9.59 Å². The van der Waals surface area contributed by atoms with Gasteiger partial charge in [-0.05, 0) is 26.0 Å². The molecule has 0 fully saturated rings. The van der Waals surface area contributed by atoms with Crippen molar-refractivity contribution in [3.05, 3.63) is 28.8 Å². The zero-order valence-electron chi connectivity index (χ0n) is 9.11. The Morgan fingerprint density at radius 3 is 2.69 bits per heavy atom. The normalized spacial score (nSPS) is 9.31. The lowest BCUT2D eigenvalue weighted by Gasteiger charge is -2.08. The summed E-state index contributed by atoms with van der Waals surface area (Å²) in [5.74, 6) is 0.118. The molecule has 0 bridgehead atoms. The van der Waals surface area contributed by atoms with E-state index in [2.05, 4.69) is 0 Å². The van der Waals surface area contributed by atoms with Gasteiger partial charge in [-0.2, -0.15) is 5.26 Å². The lowest BCUT2D eigenvalue weighted by atomic mass is 9.99. The Morgan fingerprint density at radius 2 is 2.25 bits per heavy atom. The molecule has 0 N–H and O–H groups in total. The number of carbonyl (C=O) groups excluding carboxylic acids is 2. The number of ketones is 1. The first-order valence-corrected chi connectivity index (χ1v) is 4.81. The molecule has 1 aromatic rings. The summed E-state index contributed by atoms with van der Waals surface area (Å²) in [6, 6.07) is 4.82. The zero-order valence-corrected chi connectivity index (χ0v) is 9.11. The third-order valence-corrected chi connectivity index (χ3v) is 2.05. The van der Waals surface area contributed by atoms with Crippen LogP contribution in [0, 0.1) is 11.3 Å². The van der Waals surface area contributed by atoms with Gasteiger partial charge in [0.2, 0.25) is 0 Å². The maximum absolute atomic E-state index is 11.3. The highest BCUT2D eigenvalue weighted by molar-refractivity contribution is 6.03. The standard InChI is InChI=1S/C12H11NO3/c1-3-16-11-4-9(6-13)12(8(2)15)10(5-11)7-14/h4-5,7H,3H2,1-2H3. The van der Waals surface area contributed by atoms with Crippen LogP contribution in [0.25, 0.3) is 0 Å². The van der Waals surface area contributed by atoms with Gasteiger partial charge in [-0.25, -0.2) is 0 Å². The summed E-state index contributed by atoms with van der Waals surface area (Å²) >= 11 is 0. The second kappa shape index (κ2) is 5.08. The Morgan fingerprint density at radius 1 is 1.56 bits per heavy atom. The second-order valence-corrected chi connectivity index (χ2v) is 3.15. The SMILES string of the molecule is CCOc1cc(C#N)c(C(C)=O)c(C=O)c1. The molecule has 82 valence electrons. The summed E-state index contributed by atoms with van der Waals surface area (Å²) < 4.78 is 5.20. The first-order valence-electron chi connectivity index (χ1n) is 4.81. The van der Waals surface area contributed by atoms with Gasteiger partial charge in [0.05, 0.1) is 12.2 Å². The molecular weight excluding hydrogens is 206 g/mol. The predicted octanol–water partition coefficient (Wildman–Crippen LogP) is 1.97. The van der Waals surface area contributed by atoms with Crippen molar-refractivity contribution in [2.75, 3.05) is 6.61 Å². The average molecular weight is 217 g/mol. The van der Waals surface area contributed by atoms with E-state index < -0.39 is 0 Å². The number of ether oxygens (including phenoxy) is 1. The highest BCUT2D eigenvalue weighted by atomic mass is 16.5. The molecule has 0 unspecified atom stereocenters. The van der Waals surface area contributed by atoms with Crippen molar-refractivity contribution in [1.29, 1.82) is 5.26 Å². The van der Waals surface area contributed by atoms with Crippen LogP contribution < -0.4 is 4.74 Å². The summed E-state index contributed by atoms with van der Waals surface area (Å²) in [6.45, 7) is 3.55. The fraction of sp³-hybridized carbons (Fsp3) is 0.250. The lowest BCUT2D eigenvalue weighted by molar-refractivity contribution is 0.100. The third kappa shape index (κ3) is 2.26. The highest BCUT2D eigenvalue weighted by Crippen LogP contribution is 2.22. The second-order valence-electron chi connectivity index (χ2n) is 3.15. The fourth-order valence-corrected chi connectivity index (χ4v) is 1.46. The largest absolute Gasteiger partial charge is 0.494 e. The molecule has 0 heterocycles. The molecule has 0 radical (unpaired) electrons. The van der Waals surface area contributed by atoms with E-state index in [9.17, 15) is 9.59 Å². The first-order chi connectivity index (χ1) is 7.63. The molecule has 0 atom stereocenters. The van der Waals surface area contributed by atoms with Crippen LogP contribution in [0.4, 0.5) is 0 Å². The Kier molecular flexibility index (Phi) is 3.78. The van der Waals surface area contributed by atoms with Crippen LogP contribution in [0.3, 0.4) is 0 Å². The number of nitriles is 1. The number of benzene rings is 1. The summed E-state index contributed by atoms with van der Waals surface area (Å²) in [4.78, 5) is 22.2. The van der Waals surface area contributed by atoms with Gasteiger partial charge in [0.1, 0.15) is 11.8 Å². The molecule has 0 aromatic heterocycles. The van der Waals surface area contributed by atoms with Crippen LogP contribution >= 0.6 is 0 Å². The van der Waals surface area contributed by atoms with Crippen LogP contribution in [0.15, 0.2) is 12.1 Å². The van der Waals surface area contributed by atoms with Gasteiger partial charge in [-0.15, -0.1) is 0 Å². The molecular formula is C12H11NO3. The number of rotatable bonds is 4. The number of hydrogen-bond acceptors (Lipinski definition) is 4. The third-order valence-electron chi connectivity index (χ3n) is 2.05. The van der Waals surface area contributed by atoms with Crippen LogP contribution in [-0.2, 0) is 0 Å². The minimum absolute atomic E-state index is 0.154. The molecule has 1 aromatic carbocycles. The molecule has 0 aliphatic carbocycles. The van der Waals surface area contributed by atoms with E-state index in [1.807, 2.05) is 6.07 Å². The van der Waals surface area contributed by atoms with E-state index in [0.29, 0.717) is 18.6 Å². The predicted molar refractivity (Wildman–Crippen MR) is 57.7 cm³/mol. The zero-order chi connectivity index (χ0) is 12.1. The van der Waals surface area contributed by atoms with Crippen LogP contribution in [0.5, 0.6) is 5.75 Å². The number of carbonyl (C=O) groups is 2. The molecule has 0 saturated heterocycles. The molecule has 0 aliphatic rings. The number of Topliss-reactive ketones (excluding diaryl/α,β-unsaturated/α-hetero) is 1. The minimum atomic E-state index is -0.304. The lowest BCUT2D eigenvalue weighted by Crippen LogP contribution is -2.04. The van der Waals surface area contributed by atoms with Gasteiger partial charge in [0.15, 0.2) is 12.1 Å². The average Bonchev–Trinajstić information content (AvgIpc) is 2.27. The van der Waals surface area contributed by atoms with E-state index in [4.69, 9.17) is 10.00 Å². The number of nitrogens with zero attached hydrogens (tertiary/aromatic N) is 1. The van der Waals surface area contributed by atoms with Crippen LogP contribution in [-0.4, -0.2) is 18.7 Å². The van der Waals surface area contributed by atoms with Crippen molar-refractivity contribution >= 4 is 12.1 Å². The van der Waals surface area contributed by atoms with E-state index in [0.717, 1.165) is 0 Å². The smallest absolute Gasteiger partial charge is 0.161 e. The van der Waals surface area contributed by atoms with Gasteiger partial charge in [0.25, 0.3) is 0 Å². The maximum Gasteiger partial charge on any atom is 0.161 e. The summed E-state index contributed by atoms with van der Waals surface area (Å²) in [5, 5.41) is 8.91. The number of aldehydes is 1. The van der Waals surface area contributed by atoms with Gasteiger partial charge >= 0.3 is 0 Å². The molecule has 0 amide bonds. The minimum Gasteiger partial charge on any atom is -0.494 e. The van der Waals surface area contributed by atoms with Crippen molar-refractivity contribution in [2.24, 2.45) is 0 Å². The summed E-state index contributed by atoms with van der Waals surface area (Å²) in [6.07, 6.45) is 0.556. The topological polar surface area (TPSA) is 67.2 Å². The molecule has 0 saturated carbocycles. The summed E-state index contributed by atoms with van der Waals surface area (Å²) in [7, 11) is 0.